The molecule has 0 saturated heterocycles. The number of fused-ring (bicyclic) bond motifs is 7. The maximum Gasteiger partial charge on any atom is 0.159 e. The minimum absolute atomic E-state index is 0.606. The lowest BCUT2D eigenvalue weighted by Crippen LogP contribution is -2.11. The highest BCUT2D eigenvalue weighted by atomic mass is 32.1. The summed E-state index contributed by atoms with van der Waals surface area (Å²) in [6.45, 7) is 4.29. The summed E-state index contributed by atoms with van der Waals surface area (Å²) >= 11 is 1.84. The van der Waals surface area contributed by atoms with Crippen LogP contribution in [0.1, 0.15) is 22.5 Å². The van der Waals surface area contributed by atoms with Crippen LogP contribution < -0.4 is 4.90 Å². The Balaban J connectivity index is 1.64. The van der Waals surface area contributed by atoms with E-state index >= 15 is 0 Å². The van der Waals surface area contributed by atoms with Crippen LogP contribution in [0.15, 0.2) is 89.4 Å². The second kappa shape index (κ2) is 8.16. The summed E-state index contributed by atoms with van der Waals surface area (Å²) in [7, 11) is 0. The molecule has 7 rings (SSSR count). The Morgan fingerprint density at radius 3 is 2.50 bits per heavy atom. The Labute approximate surface area is 214 Å². The molecule has 6 aromatic rings. The molecule has 0 atom stereocenters. The topological polar surface area (TPSA) is 16.4 Å². The van der Waals surface area contributed by atoms with Gasteiger partial charge in [-0.1, -0.05) is 65.9 Å². The van der Waals surface area contributed by atoms with E-state index in [2.05, 4.69) is 116 Å². The number of thiophene rings is 1. The van der Waals surface area contributed by atoms with E-state index in [9.17, 15) is 0 Å². The highest BCUT2D eigenvalue weighted by molar-refractivity contribution is 7.26. The highest BCUT2D eigenvalue weighted by Gasteiger charge is 2.26. The summed E-state index contributed by atoms with van der Waals surface area (Å²) in [4.78, 5) is 2.35. The van der Waals surface area contributed by atoms with E-state index in [4.69, 9.17) is 4.42 Å². The van der Waals surface area contributed by atoms with Crippen LogP contribution in [0.3, 0.4) is 0 Å². The molecule has 0 spiro atoms. The minimum Gasteiger partial charge on any atom is -0.457 e. The van der Waals surface area contributed by atoms with Crippen molar-refractivity contribution >= 4 is 65.6 Å². The lowest BCUT2D eigenvalue weighted by Gasteiger charge is -2.27. The Bertz CT molecular complexity index is 1890. The third-order valence-corrected chi connectivity index (χ3v) is 8.09. The van der Waals surface area contributed by atoms with Crippen LogP contribution in [0.5, 0.6) is 0 Å². The summed E-state index contributed by atoms with van der Waals surface area (Å²) in [5.74, 6) is 7.29. The molecule has 0 radical (unpaired) electrons. The number of benzene rings is 4. The molecule has 172 valence electrons. The molecule has 3 heteroatoms. The van der Waals surface area contributed by atoms with E-state index in [1.807, 2.05) is 17.4 Å². The van der Waals surface area contributed by atoms with Crippen molar-refractivity contribution in [3.05, 3.63) is 107 Å². The van der Waals surface area contributed by atoms with Crippen molar-refractivity contribution in [2.75, 3.05) is 4.90 Å². The standard InChI is InChI=1S/C33H23NOS/c1-21-16-18-23(19-17-21)34(26-13-8-6-10-22(26)2)27-20-30-31(25-12-7-9-15-29(25)36-30)32-24-11-4-3-5-14-28(24)35-33(27)32/h4,6-13,15-20H,14H2,1-2H3. The number of hydrogen-bond donors (Lipinski definition) is 0. The van der Waals surface area contributed by atoms with Gasteiger partial charge in [-0.05, 0) is 61.9 Å². The number of allylic oxidation sites excluding steroid dienone is 1. The van der Waals surface area contributed by atoms with Gasteiger partial charge in [-0.2, -0.15) is 0 Å². The summed E-state index contributed by atoms with van der Waals surface area (Å²) in [5, 5.41) is 3.70. The van der Waals surface area contributed by atoms with Crippen molar-refractivity contribution in [2.24, 2.45) is 0 Å². The fourth-order valence-corrected chi connectivity index (χ4v) is 6.39. The summed E-state index contributed by atoms with van der Waals surface area (Å²) in [6.07, 6.45) is 4.68. The first-order valence-electron chi connectivity index (χ1n) is 12.2. The number of para-hydroxylation sites is 1. The van der Waals surface area contributed by atoms with Crippen LogP contribution in [0.2, 0.25) is 0 Å². The molecule has 1 aliphatic rings. The second-order valence-corrected chi connectivity index (χ2v) is 10.4. The van der Waals surface area contributed by atoms with Crippen molar-refractivity contribution in [3.8, 4) is 11.8 Å². The van der Waals surface area contributed by atoms with Gasteiger partial charge in [0.2, 0.25) is 0 Å². The van der Waals surface area contributed by atoms with Gasteiger partial charge in [0.25, 0.3) is 0 Å². The molecule has 0 unspecified atom stereocenters. The quantitative estimate of drug-likeness (QED) is 0.234. The van der Waals surface area contributed by atoms with Gasteiger partial charge in [0.05, 0.1) is 12.1 Å². The van der Waals surface area contributed by atoms with Crippen LogP contribution in [0.4, 0.5) is 17.1 Å². The highest BCUT2D eigenvalue weighted by Crippen LogP contribution is 2.49. The largest absolute Gasteiger partial charge is 0.457 e. The molecule has 2 nitrogen and oxygen atoms in total. The van der Waals surface area contributed by atoms with Crippen molar-refractivity contribution in [1.82, 2.24) is 0 Å². The zero-order chi connectivity index (χ0) is 24.2. The van der Waals surface area contributed by atoms with Crippen molar-refractivity contribution < 1.29 is 4.42 Å². The third-order valence-electron chi connectivity index (χ3n) is 6.97. The fraction of sp³-hybridized carbons (Fsp3) is 0.0909. The molecular weight excluding hydrogens is 458 g/mol. The van der Waals surface area contributed by atoms with Gasteiger partial charge in [-0.3, -0.25) is 0 Å². The number of nitrogens with zero attached hydrogens (tertiary/aromatic N) is 1. The van der Waals surface area contributed by atoms with Crippen LogP contribution >= 0.6 is 11.3 Å². The van der Waals surface area contributed by atoms with Gasteiger partial charge < -0.3 is 9.32 Å². The van der Waals surface area contributed by atoms with E-state index in [1.165, 1.54) is 36.7 Å². The number of anilines is 3. The predicted octanol–water partition coefficient (Wildman–Crippen LogP) is 9.46. The Morgan fingerprint density at radius 2 is 1.64 bits per heavy atom. The minimum atomic E-state index is 0.606. The molecule has 2 aromatic heterocycles. The SMILES string of the molecule is Cc1ccc(N(c2ccccc2C)c2cc3sc4ccccc4c3c3c4c(oc23)CC#CC=C4)cc1. The van der Waals surface area contributed by atoms with Gasteiger partial charge in [-0.15, -0.1) is 11.3 Å². The number of aryl methyl sites for hydroxylation is 2. The predicted molar refractivity (Wildman–Crippen MR) is 154 cm³/mol. The first kappa shape index (κ1) is 21.1. The fourth-order valence-electron chi connectivity index (χ4n) is 5.24. The Kier molecular flexibility index (Phi) is 4.77. The van der Waals surface area contributed by atoms with E-state index < -0.39 is 0 Å². The van der Waals surface area contributed by atoms with Crippen LogP contribution in [0, 0.1) is 25.7 Å². The molecule has 2 heterocycles. The van der Waals surface area contributed by atoms with Crippen LogP contribution in [-0.4, -0.2) is 0 Å². The van der Waals surface area contributed by atoms with Gasteiger partial charge >= 0.3 is 0 Å². The first-order chi connectivity index (χ1) is 17.7. The lowest BCUT2D eigenvalue weighted by atomic mass is 10.0. The monoisotopic (exact) mass is 481 g/mol. The molecule has 0 fully saturated rings. The van der Waals surface area contributed by atoms with Crippen LogP contribution in [0.25, 0.3) is 37.2 Å². The molecule has 0 saturated carbocycles. The number of hydrogen-bond acceptors (Lipinski definition) is 3. The summed E-state index contributed by atoms with van der Waals surface area (Å²) < 4.78 is 9.27. The van der Waals surface area contributed by atoms with Gasteiger partial charge in [0, 0.05) is 42.5 Å². The Morgan fingerprint density at radius 1 is 0.833 bits per heavy atom. The smallest absolute Gasteiger partial charge is 0.159 e. The van der Waals surface area contributed by atoms with Crippen molar-refractivity contribution in [2.45, 2.75) is 20.3 Å². The van der Waals surface area contributed by atoms with E-state index in [1.54, 1.807) is 0 Å². The van der Waals surface area contributed by atoms with E-state index in [0.29, 0.717) is 6.42 Å². The molecule has 36 heavy (non-hydrogen) atoms. The number of rotatable bonds is 3. The van der Waals surface area contributed by atoms with E-state index in [-0.39, 0.29) is 0 Å². The van der Waals surface area contributed by atoms with Gasteiger partial charge in [0.1, 0.15) is 5.76 Å². The molecule has 0 bridgehead atoms. The zero-order valence-corrected chi connectivity index (χ0v) is 20.9. The maximum atomic E-state index is 6.72. The average Bonchev–Trinajstić information content (AvgIpc) is 3.35. The van der Waals surface area contributed by atoms with Gasteiger partial charge in [-0.25, -0.2) is 0 Å². The second-order valence-electron chi connectivity index (χ2n) is 9.30. The zero-order valence-electron chi connectivity index (χ0n) is 20.1. The molecular formula is C33H23NOS. The maximum absolute atomic E-state index is 6.72. The lowest BCUT2D eigenvalue weighted by molar-refractivity contribution is 0.567. The first-order valence-corrected chi connectivity index (χ1v) is 13.0. The average molecular weight is 482 g/mol. The van der Waals surface area contributed by atoms with Crippen molar-refractivity contribution in [3.63, 3.8) is 0 Å². The molecule has 4 aromatic carbocycles. The molecule has 0 aliphatic heterocycles. The molecule has 0 amide bonds. The van der Waals surface area contributed by atoms with Crippen molar-refractivity contribution in [1.29, 1.82) is 0 Å². The summed E-state index contributed by atoms with van der Waals surface area (Å²) in [6, 6.07) is 28.3. The van der Waals surface area contributed by atoms with Crippen LogP contribution in [-0.2, 0) is 6.42 Å². The Hall–Kier alpha value is -4.26. The number of furan rings is 1. The van der Waals surface area contributed by atoms with E-state index in [0.717, 1.165) is 34.0 Å². The molecule has 0 N–H and O–H groups in total. The normalized spacial score (nSPS) is 12.5. The molecule has 1 aliphatic carbocycles. The third kappa shape index (κ3) is 3.19. The summed E-state index contributed by atoms with van der Waals surface area (Å²) in [5.41, 5.74) is 7.80. The van der Waals surface area contributed by atoms with Gasteiger partial charge in [0.15, 0.2) is 5.58 Å².